The number of nitrogens with one attached hydrogen (secondary N) is 2. The van der Waals surface area contributed by atoms with Crippen molar-refractivity contribution in [2.75, 3.05) is 12.4 Å². The number of esters is 1. The molecule has 3 aromatic carbocycles. The van der Waals surface area contributed by atoms with E-state index in [0.29, 0.717) is 33.9 Å². The lowest BCUT2D eigenvalue weighted by Gasteiger charge is -2.08. The molecule has 0 radical (unpaired) electrons. The number of anilines is 1. The lowest BCUT2D eigenvalue weighted by atomic mass is 10.1. The zero-order valence-corrected chi connectivity index (χ0v) is 18.4. The number of carbonyl (C=O) groups is 3. The van der Waals surface area contributed by atoms with Crippen LogP contribution in [0.4, 0.5) is 5.69 Å². The van der Waals surface area contributed by atoms with E-state index in [1.165, 1.54) is 20.2 Å². The summed E-state index contributed by atoms with van der Waals surface area (Å²) in [5, 5.41) is 6.74. The fourth-order valence-corrected chi connectivity index (χ4v) is 2.93. The number of aryl methyl sites for hydroxylation is 1. The van der Waals surface area contributed by atoms with Gasteiger partial charge >= 0.3 is 5.97 Å². The highest BCUT2D eigenvalue weighted by Gasteiger charge is 2.09. The molecule has 0 heterocycles. The number of amides is 2. The Morgan fingerprint density at radius 1 is 0.879 bits per heavy atom. The van der Waals surface area contributed by atoms with Gasteiger partial charge in [-0.1, -0.05) is 17.7 Å². The van der Waals surface area contributed by atoms with Crippen molar-refractivity contribution in [1.29, 1.82) is 0 Å². The van der Waals surface area contributed by atoms with Crippen LogP contribution in [0.3, 0.4) is 0 Å². The van der Waals surface area contributed by atoms with Crippen molar-refractivity contribution in [2.45, 2.75) is 13.8 Å². The van der Waals surface area contributed by atoms with E-state index in [1.807, 2.05) is 19.1 Å². The van der Waals surface area contributed by atoms with E-state index < -0.39 is 11.9 Å². The maximum Gasteiger partial charge on any atom is 0.308 e. The van der Waals surface area contributed by atoms with Gasteiger partial charge in [-0.15, -0.1) is 0 Å². The summed E-state index contributed by atoms with van der Waals surface area (Å²) in [4.78, 5) is 35.8. The van der Waals surface area contributed by atoms with Gasteiger partial charge in [-0.3, -0.25) is 14.4 Å². The first kappa shape index (κ1) is 23.2. The van der Waals surface area contributed by atoms with Crippen LogP contribution in [0, 0.1) is 6.92 Å². The van der Waals surface area contributed by atoms with Gasteiger partial charge in [0.25, 0.3) is 11.8 Å². The maximum absolute atomic E-state index is 12.3. The Bertz CT molecular complexity index is 1200. The van der Waals surface area contributed by atoms with E-state index in [-0.39, 0.29) is 5.91 Å². The minimum atomic E-state index is -0.456. The summed E-state index contributed by atoms with van der Waals surface area (Å²) < 4.78 is 10.3. The fourth-order valence-electron chi connectivity index (χ4n) is 2.93. The topological polar surface area (TPSA) is 106 Å². The van der Waals surface area contributed by atoms with Gasteiger partial charge in [0.1, 0.15) is 0 Å². The van der Waals surface area contributed by atoms with Crippen LogP contribution in [0.5, 0.6) is 11.5 Å². The van der Waals surface area contributed by atoms with Crippen LogP contribution in [-0.2, 0) is 4.79 Å². The van der Waals surface area contributed by atoms with Gasteiger partial charge in [0.05, 0.1) is 13.3 Å². The molecule has 33 heavy (non-hydrogen) atoms. The highest BCUT2D eigenvalue weighted by molar-refractivity contribution is 6.04. The van der Waals surface area contributed by atoms with Crippen molar-refractivity contribution in [3.05, 3.63) is 89.0 Å². The number of methoxy groups -OCH3 is 1. The molecule has 2 amide bonds. The molecule has 0 aliphatic carbocycles. The third-order valence-corrected chi connectivity index (χ3v) is 4.51. The summed E-state index contributed by atoms with van der Waals surface area (Å²) in [6.45, 7) is 3.22. The molecular formula is C25H23N3O5. The Labute approximate surface area is 191 Å². The number of benzene rings is 3. The summed E-state index contributed by atoms with van der Waals surface area (Å²) in [5.41, 5.74) is 5.58. The van der Waals surface area contributed by atoms with Crippen LogP contribution < -0.4 is 20.2 Å². The maximum atomic E-state index is 12.3. The Morgan fingerprint density at radius 3 is 2.30 bits per heavy atom. The largest absolute Gasteiger partial charge is 0.493 e. The van der Waals surface area contributed by atoms with Crippen molar-refractivity contribution in [3.63, 3.8) is 0 Å². The molecular weight excluding hydrogens is 422 g/mol. The normalized spacial score (nSPS) is 10.5. The SMILES string of the molecule is COc1cc(/C=N/NC(=O)c2ccc(NC(=O)c3cccc(C)c3)cc2)ccc1OC(C)=O. The Kier molecular flexibility index (Phi) is 7.54. The van der Waals surface area contributed by atoms with Crippen LogP contribution in [0.2, 0.25) is 0 Å². The second-order valence-electron chi connectivity index (χ2n) is 7.10. The monoisotopic (exact) mass is 445 g/mol. The molecule has 3 aromatic rings. The molecule has 0 atom stereocenters. The molecule has 0 aliphatic heterocycles. The zero-order valence-electron chi connectivity index (χ0n) is 18.4. The van der Waals surface area contributed by atoms with Gasteiger partial charge in [-0.25, -0.2) is 5.43 Å². The number of hydrazone groups is 1. The average molecular weight is 445 g/mol. The van der Waals surface area contributed by atoms with Gasteiger partial charge in [-0.05, 0) is 67.1 Å². The Balaban J connectivity index is 1.59. The quantitative estimate of drug-likeness (QED) is 0.248. The van der Waals surface area contributed by atoms with E-state index in [0.717, 1.165) is 5.56 Å². The average Bonchev–Trinajstić information content (AvgIpc) is 2.80. The molecule has 0 unspecified atom stereocenters. The summed E-state index contributed by atoms with van der Waals surface area (Å²) in [6.07, 6.45) is 1.44. The molecule has 3 rings (SSSR count). The second-order valence-corrected chi connectivity index (χ2v) is 7.10. The molecule has 0 fully saturated rings. The first-order valence-electron chi connectivity index (χ1n) is 10.0. The molecule has 0 aliphatic rings. The van der Waals surface area contributed by atoms with Gasteiger partial charge < -0.3 is 14.8 Å². The smallest absolute Gasteiger partial charge is 0.308 e. The minimum Gasteiger partial charge on any atom is -0.493 e. The summed E-state index contributed by atoms with van der Waals surface area (Å²) in [5.74, 6) is -0.436. The lowest BCUT2D eigenvalue weighted by molar-refractivity contribution is -0.132. The van der Waals surface area contributed by atoms with Gasteiger partial charge in [0.2, 0.25) is 0 Å². The molecule has 0 aromatic heterocycles. The third-order valence-electron chi connectivity index (χ3n) is 4.51. The van der Waals surface area contributed by atoms with Crippen molar-refractivity contribution in [3.8, 4) is 11.5 Å². The predicted octanol–water partition coefficient (Wildman–Crippen LogP) is 3.95. The predicted molar refractivity (Wildman–Crippen MR) is 125 cm³/mol. The number of hydrogen-bond donors (Lipinski definition) is 2. The fraction of sp³-hybridized carbons (Fsp3) is 0.120. The van der Waals surface area contributed by atoms with E-state index in [4.69, 9.17) is 9.47 Å². The summed E-state index contributed by atoms with van der Waals surface area (Å²) in [7, 11) is 1.46. The number of hydrogen-bond acceptors (Lipinski definition) is 6. The van der Waals surface area contributed by atoms with Crippen LogP contribution in [0.25, 0.3) is 0 Å². The highest BCUT2D eigenvalue weighted by Crippen LogP contribution is 2.27. The molecule has 8 nitrogen and oxygen atoms in total. The Morgan fingerprint density at radius 2 is 1.64 bits per heavy atom. The number of nitrogens with zero attached hydrogens (tertiary/aromatic N) is 1. The van der Waals surface area contributed by atoms with Crippen LogP contribution in [0.15, 0.2) is 71.8 Å². The first-order valence-corrected chi connectivity index (χ1v) is 10.0. The Hall–Kier alpha value is -4.46. The molecule has 8 heteroatoms. The van der Waals surface area contributed by atoms with E-state index in [9.17, 15) is 14.4 Å². The second kappa shape index (κ2) is 10.7. The minimum absolute atomic E-state index is 0.226. The van der Waals surface area contributed by atoms with E-state index in [1.54, 1.807) is 54.6 Å². The summed E-state index contributed by atoms with van der Waals surface area (Å²) in [6, 6.07) is 18.6. The van der Waals surface area contributed by atoms with Crippen LogP contribution in [-0.4, -0.2) is 31.1 Å². The van der Waals surface area contributed by atoms with Gasteiger partial charge in [0.15, 0.2) is 11.5 Å². The summed E-state index contributed by atoms with van der Waals surface area (Å²) >= 11 is 0. The number of carbonyl (C=O) groups excluding carboxylic acids is 3. The number of ether oxygens (including phenoxy) is 2. The standard InChI is InChI=1S/C25H23N3O5/c1-16-5-4-6-20(13-16)24(30)27-21-10-8-19(9-11-21)25(31)28-26-15-18-7-12-22(33-17(2)29)23(14-18)32-3/h4-15H,1-3H3,(H,27,30)(H,28,31)/b26-15+. The highest BCUT2D eigenvalue weighted by atomic mass is 16.6. The molecule has 0 bridgehead atoms. The lowest BCUT2D eigenvalue weighted by Crippen LogP contribution is -2.18. The molecule has 2 N–H and O–H groups in total. The van der Waals surface area contributed by atoms with Crippen molar-refractivity contribution in [1.82, 2.24) is 5.43 Å². The van der Waals surface area contributed by atoms with Crippen molar-refractivity contribution < 1.29 is 23.9 Å². The van der Waals surface area contributed by atoms with Crippen molar-refractivity contribution in [2.24, 2.45) is 5.10 Å². The molecule has 168 valence electrons. The molecule has 0 saturated heterocycles. The molecule has 0 saturated carbocycles. The van der Waals surface area contributed by atoms with Gasteiger partial charge in [0, 0.05) is 23.7 Å². The zero-order chi connectivity index (χ0) is 23.8. The third kappa shape index (κ3) is 6.51. The first-order chi connectivity index (χ1) is 15.9. The van der Waals surface area contributed by atoms with Gasteiger partial charge in [-0.2, -0.15) is 5.10 Å². The van der Waals surface area contributed by atoms with Crippen LogP contribution >= 0.6 is 0 Å². The number of rotatable bonds is 7. The van der Waals surface area contributed by atoms with E-state index >= 15 is 0 Å². The van der Waals surface area contributed by atoms with Crippen molar-refractivity contribution >= 4 is 29.7 Å². The van der Waals surface area contributed by atoms with Crippen LogP contribution in [0.1, 0.15) is 38.8 Å². The van der Waals surface area contributed by atoms with E-state index in [2.05, 4.69) is 15.8 Å². The molecule has 0 spiro atoms.